The Hall–Kier alpha value is -1.87. The highest BCUT2D eigenvalue weighted by atomic mass is 32.2. The van der Waals surface area contributed by atoms with Crippen molar-refractivity contribution in [1.82, 2.24) is 4.90 Å². The van der Waals surface area contributed by atoms with Crippen LogP contribution in [0.4, 0.5) is 5.00 Å². The molecule has 2 rings (SSSR count). The lowest BCUT2D eigenvalue weighted by atomic mass is 10.1. The minimum Gasteiger partial charge on any atom is -0.462 e. The number of nitrogens with zero attached hydrogens (tertiary/aromatic N) is 2. The number of hydrogen-bond donors (Lipinski definition) is 1. The summed E-state index contributed by atoms with van der Waals surface area (Å²) in [5.41, 5.74) is 1.18. The van der Waals surface area contributed by atoms with Crippen molar-refractivity contribution < 1.29 is 19.1 Å². The summed E-state index contributed by atoms with van der Waals surface area (Å²) in [6.45, 7) is 5.70. The molecule has 1 N–H and O–H groups in total. The molecule has 1 atom stereocenters. The third-order valence-corrected chi connectivity index (χ3v) is 6.26. The summed E-state index contributed by atoms with van der Waals surface area (Å²) < 4.78 is 5.07. The molecular formula is C16H21N3O4S2. The third kappa shape index (κ3) is 4.04. The average Bonchev–Trinajstić information content (AvgIpc) is 2.98. The molecule has 1 saturated heterocycles. The molecule has 0 aliphatic carbocycles. The second-order valence-corrected chi connectivity index (χ2v) is 7.86. The summed E-state index contributed by atoms with van der Waals surface area (Å²) in [7, 11) is 3.25. The van der Waals surface area contributed by atoms with Crippen molar-refractivity contribution in [3.05, 3.63) is 16.0 Å². The van der Waals surface area contributed by atoms with Crippen LogP contribution < -0.4 is 5.32 Å². The summed E-state index contributed by atoms with van der Waals surface area (Å²) in [4.78, 5) is 43.1. The maximum Gasteiger partial charge on any atom is 0.341 e. The fourth-order valence-corrected chi connectivity index (χ4v) is 4.58. The van der Waals surface area contributed by atoms with E-state index in [1.54, 1.807) is 21.0 Å². The van der Waals surface area contributed by atoms with Gasteiger partial charge in [0.1, 0.15) is 10.3 Å². The van der Waals surface area contributed by atoms with E-state index in [4.69, 9.17) is 4.74 Å². The minimum absolute atomic E-state index is 0.0190. The molecule has 25 heavy (non-hydrogen) atoms. The van der Waals surface area contributed by atoms with E-state index >= 15 is 0 Å². The first-order valence-corrected chi connectivity index (χ1v) is 9.47. The van der Waals surface area contributed by atoms with Gasteiger partial charge >= 0.3 is 5.97 Å². The van der Waals surface area contributed by atoms with Gasteiger partial charge in [-0.15, -0.1) is 11.3 Å². The van der Waals surface area contributed by atoms with Gasteiger partial charge in [-0.2, -0.15) is 0 Å². The predicted octanol–water partition coefficient (Wildman–Crippen LogP) is 2.43. The molecule has 1 fully saturated rings. The van der Waals surface area contributed by atoms with Crippen LogP contribution in [-0.2, 0) is 14.3 Å². The van der Waals surface area contributed by atoms with Gasteiger partial charge in [0.2, 0.25) is 11.8 Å². The van der Waals surface area contributed by atoms with Crippen molar-refractivity contribution in [2.24, 2.45) is 4.99 Å². The zero-order valence-electron chi connectivity index (χ0n) is 14.8. The van der Waals surface area contributed by atoms with Crippen molar-refractivity contribution in [1.29, 1.82) is 0 Å². The van der Waals surface area contributed by atoms with E-state index < -0.39 is 11.2 Å². The Bertz CT molecular complexity index is 742. The van der Waals surface area contributed by atoms with Crippen LogP contribution in [0.1, 0.15) is 34.1 Å². The molecule has 0 radical (unpaired) electrons. The van der Waals surface area contributed by atoms with Crippen LogP contribution in [0.3, 0.4) is 0 Å². The van der Waals surface area contributed by atoms with E-state index in [1.807, 2.05) is 13.8 Å². The van der Waals surface area contributed by atoms with Crippen molar-refractivity contribution in [2.45, 2.75) is 32.4 Å². The van der Waals surface area contributed by atoms with E-state index in [2.05, 4.69) is 10.3 Å². The molecule has 0 spiro atoms. The maximum atomic E-state index is 12.4. The Labute approximate surface area is 154 Å². The Kier molecular flexibility index (Phi) is 6.23. The normalized spacial score (nSPS) is 18.8. The molecule has 1 aliphatic heterocycles. The smallest absolute Gasteiger partial charge is 0.341 e. The van der Waals surface area contributed by atoms with Crippen LogP contribution in [0, 0.1) is 13.8 Å². The first kappa shape index (κ1) is 19.5. The largest absolute Gasteiger partial charge is 0.462 e. The third-order valence-electron chi connectivity index (χ3n) is 3.82. The second kappa shape index (κ2) is 8.01. The van der Waals surface area contributed by atoms with Crippen molar-refractivity contribution in [3.8, 4) is 0 Å². The summed E-state index contributed by atoms with van der Waals surface area (Å²) in [5.74, 6) is -0.917. The number of aliphatic imine (C=N–C) groups is 1. The standard InChI is InChI=1S/C16H21N3O4S2/c1-6-23-15(22)12-8(2)9(3)24-13(12)18-11(20)7-10-14(21)19(5)16(17-4)25-10/h10H,6-7H2,1-5H3,(H,18,20)/b17-16-. The number of thioether (sulfide) groups is 1. The van der Waals surface area contributed by atoms with E-state index in [-0.39, 0.29) is 24.8 Å². The van der Waals surface area contributed by atoms with Crippen LogP contribution >= 0.6 is 23.1 Å². The number of hydrogen-bond acceptors (Lipinski definition) is 7. The Balaban J connectivity index is 2.13. The average molecular weight is 383 g/mol. The van der Waals surface area contributed by atoms with Gasteiger partial charge in [-0.1, -0.05) is 11.8 Å². The van der Waals surface area contributed by atoms with Crippen molar-refractivity contribution >= 4 is 51.1 Å². The molecule has 0 saturated carbocycles. The molecule has 1 aromatic rings. The lowest BCUT2D eigenvalue weighted by Gasteiger charge is -2.09. The molecular weight excluding hydrogens is 362 g/mol. The lowest BCUT2D eigenvalue weighted by molar-refractivity contribution is -0.127. The summed E-state index contributed by atoms with van der Waals surface area (Å²) in [6.07, 6.45) is 0.0190. The number of anilines is 1. The summed E-state index contributed by atoms with van der Waals surface area (Å²) in [5, 5.41) is 3.32. The Morgan fingerprint density at radius 1 is 1.36 bits per heavy atom. The zero-order chi connectivity index (χ0) is 18.7. The fraction of sp³-hybridized carbons (Fsp3) is 0.500. The van der Waals surface area contributed by atoms with Gasteiger partial charge in [-0.25, -0.2) is 4.79 Å². The number of ether oxygens (including phenoxy) is 1. The van der Waals surface area contributed by atoms with Crippen LogP contribution in [0.5, 0.6) is 0 Å². The zero-order valence-corrected chi connectivity index (χ0v) is 16.5. The van der Waals surface area contributed by atoms with E-state index in [1.165, 1.54) is 28.0 Å². The Morgan fingerprint density at radius 2 is 2.04 bits per heavy atom. The molecule has 1 unspecified atom stereocenters. The predicted molar refractivity (Wildman–Crippen MR) is 101 cm³/mol. The second-order valence-electron chi connectivity index (χ2n) is 5.47. The van der Waals surface area contributed by atoms with Gasteiger partial charge in [0, 0.05) is 25.4 Å². The van der Waals surface area contributed by atoms with Gasteiger partial charge in [0.25, 0.3) is 0 Å². The molecule has 7 nitrogen and oxygen atoms in total. The maximum absolute atomic E-state index is 12.4. The quantitative estimate of drug-likeness (QED) is 0.789. The van der Waals surface area contributed by atoms with Gasteiger partial charge in [0.05, 0.1) is 12.2 Å². The van der Waals surface area contributed by atoms with Crippen LogP contribution in [0.15, 0.2) is 4.99 Å². The number of carbonyl (C=O) groups is 3. The van der Waals surface area contributed by atoms with Gasteiger partial charge in [0.15, 0.2) is 5.17 Å². The van der Waals surface area contributed by atoms with Gasteiger partial charge < -0.3 is 10.1 Å². The number of aryl methyl sites for hydroxylation is 1. The molecule has 1 aliphatic rings. The van der Waals surface area contributed by atoms with Gasteiger partial charge in [-0.05, 0) is 26.3 Å². The van der Waals surface area contributed by atoms with E-state index in [0.29, 0.717) is 15.7 Å². The number of esters is 1. The molecule has 2 heterocycles. The first-order valence-electron chi connectivity index (χ1n) is 7.78. The molecule has 2 amide bonds. The first-order chi connectivity index (χ1) is 11.8. The van der Waals surface area contributed by atoms with Crippen LogP contribution in [0.2, 0.25) is 0 Å². The number of carbonyl (C=O) groups excluding carboxylic acids is 3. The van der Waals surface area contributed by atoms with Crippen LogP contribution in [0.25, 0.3) is 0 Å². The van der Waals surface area contributed by atoms with E-state index in [0.717, 1.165) is 10.4 Å². The molecule has 1 aromatic heterocycles. The lowest BCUT2D eigenvalue weighted by Crippen LogP contribution is -2.30. The summed E-state index contributed by atoms with van der Waals surface area (Å²) in [6, 6.07) is 0. The monoisotopic (exact) mass is 383 g/mol. The van der Waals surface area contributed by atoms with Crippen molar-refractivity contribution in [3.63, 3.8) is 0 Å². The number of amidine groups is 1. The summed E-state index contributed by atoms with van der Waals surface area (Å²) >= 11 is 2.60. The fourth-order valence-electron chi connectivity index (χ4n) is 2.41. The number of nitrogens with one attached hydrogen (secondary N) is 1. The van der Waals surface area contributed by atoms with Crippen LogP contribution in [-0.4, -0.2) is 53.8 Å². The highest BCUT2D eigenvalue weighted by molar-refractivity contribution is 8.15. The molecule has 136 valence electrons. The number of thiophene rings is 1. The molecule has 0 aromatic carbocycles. The van der Waals surface area contributed by atoms with E-state index in [9.17, 15) is 14.4 Å². The van der Waals surface area contributed by atoms with Crippen molar-refractivity contribution in [2.75, 3.05) is 26.0 Å². The SMILES string of the molecule is CCOC(=O)c1c(NC(=O)CC2S/C(=N\C)N(C)C2=O)sc(C)c1C. The topological polar surface area (TPSA) is 88.1 Å². The number of rotatable bonds is 5. The Morgan fingerprint density at radius 3 is 2.60 bits per heavy atom. The molecule has 0 bridgehead atoms. The highest BCUT2D eigenvalue weighted by Gasteiger charge is 2.36. The highest BCUT2D eigenvalue weighted by Crippen LogP contribution is 2.34. The van der Waals surface area contributed by atoms with Gasteiger partial charge in [-0.3, -0.25) is 19.5 Å². The molecule has 9 heteroatoms. The number of amides is 2. The minimum atomic E-state index is -0.503.